The molecule has 0 atom stereocenters. The molecule has 0 aliphatic carbocycles. The van der Waals surface area contributed by atoms with Gasteiger partial charge >= 0.3 is 0 Å². The monoisotopic (exact) mass is 369 g/mol. The number of halogens is 1. The molecule has 0 bridgehead atoms. The van der Waals surface area contributed by atoms with Crippen molar-refractivity contribution in [3.63, 3.8) is 0 Å². The molecule has 1 N–H and O–H groups in total. The highest BCUT2D eigenvalue weighted by Crippen LogP contribution is 2.22. The number of rotatable bonds is 5. The largest absolute Gasteiger partial charge is 0.483 e. The van der Waals surface area contributed by atoms with Crippen LogP contribution in [0.2, 0.25) is 5.02 Å². The third kappa shape index (κ3) is 4.10. The van der Waals surface area contributed by atoms with Gasteiger partial charge in [0, 0.05) is 23.5 Å². The van der Waals surface area contributed by atoms with Crippen molar-refractivity contribution in [1.82, 2.24) is 9.99 Å². The second-order valence-corrected chi connectivity index (χ2v) is 5.99. The highest BCUT2D eigenvalue weighted by atomic mass is 35.5. The van der Waals surface area contributed by atoms with Crippen LogP contribution in [-0.4, -0.2) is 23.3 Å². The van der Waals surface area contributed by atoms with Crippen LogP contribution in [0.3, 0.4) is 0 Å². The van der Waals surface area contributed by atoms with Crippen molar-refractivity contribution >= 4 is 34.6 Å². The van der Waals surface area contributed by atoms with Gasteiger partial charge in [-0.25, -0.2) is 5.43 Å². The van der Waals surface area contributed by atoms with E-state index in [2.05, 4.69) is 10.5 Å². The van der Waals surface area contributed by atoms with E-state index in [4.69, 9.17) is 16.3 Å². The van der Waals surface area contributed by atoms with Gasteiger partial charge in [0.25, 0.3) is 11.5 Å². The molecule has 26 heavy (non-hydrogen) atoms. The minimum atomic E-state index is -0.431. The number of aryl methyl sites for hydroxylation is 1. The van der Waals surface area contributed by atoms with Crippen LogP contribution in [0, 0.1) is 0 Å². The second kappa shape index (κ2) is 7.84. The number of fused-ring (bicyclic) bond motifs is 1. The van der Waals surface area contributed by atoms with Gasteiger partial charge < -0.3 is 9.30 Å². The SMILES string of the molecule is Cn1c(=O)cc(OCC(=O)N/N=C/c2ccc(Cl)cc2)c2ccccc21. The summed E-state index contributed by atoms with van der Waals surface area (Å²) in [6.07, 6.45) is 1.50. The molecule has 3 aromatic rings. The molecular formula is C19H16ClN3O3. The number of hydrogen-bond donors (Lipinski definition) is 1. The molecule has 1 heterocycles. The third-order valence-electron chi connectivity index (χ3n) is 3.75. The van der Waals surface area contributed by atoms with Crippen LogP contribution in [0.15, 0.2) is 64.5 Å². The summed E-state index contributed by atoms with van der Waals surface area (Å²) in [5, 5.41) is 5.25. The Bertz CT molecular complexity index is 1030. The lowest BCUT2D eigenvalue weighted by Gasteiger charge is -2.10. The van der Waals surface area contributed by atoms with Crippen molar-refractivity contribution in [3.05, 3.63) is 75.5 Å². The summed E-state index contributed by atoms with van der Waals surface area (Å²) in [6.45, 7) is -0.255. The Morgan fingerprint density at radius 2 is 1.96 bits per heavy atom. The maximum Gasteiger partial charge on any atom is 0.277 e. The van der Waals surface area contributed by atoms with Gasteiger partial charge in [0.15, 0.2) is 6.61 Å². The Kier molecular flexibility index (Phi) is 5.34. The zero-order chi connectivity index (χ0) is 18.5. The first-order valence-electron chi connectivity index (χ1n) is 7.83. The molecule has 0 saturated heterocycles. The van der Waals surface area contributed by atoms with Crippen LogP contribution in [0.4, 0.5) is 0 Å². The number of carbonyl (C=O) groups is 1. The number of ether oxygens (including phenoxy) is 1. The number of amides is 1. The number of aromatic nitrogens is 1. The molecule has 1 aromatic heterocycles. The van der Waals surface area contributed by atoms with Crippen molar-refractivity contribution in [2.45, 2.75) is 0 Å². The van der Waals surface area contributed by atoms with Crippen LogP contribution < -0.4 is 15.7 Å². The smallest absolute Gasteiger partial charge is 0.277 e. The molecule has 0 aliphatic rings. The average Bonchev–Trinajstić information content (AvgIpc) is 2.65. The first kappa shape index (κ1) is 17.7. The standard InChI is InChI=1S/C19H16ClN3O3/c1-23-16-5-3-2-4-15(16)17(10-19(23)25)26-12-18(24)22-21-11-13-6-8-14(20)9-7-13/h2-11H,12H2,1H3,(H,22,24)/b21-11+. The molecule has 3 rings (SSSR count). The minimum Gasteiger partial charge on any atom is -0.483 e. The van der Waals surface area contributed by atoms with Gasteiger partial charge in [-0.15, -0.1) is 0 Å². The maximum absolute atomic E-state index is 12.0. The number of benzene rings is 2. The summed E-state index contributed by atoms with van der Waals surface area (Å²) in [4.78, 5) is 23.9. The van der Waals surface area contributed by atoms with Crippen LogP contribution >= 0.6 is 11.6 Å². The predicted octanol–water partition coefficient (Wildman–Crippen LogP) is 2.72. The van der Waals surface area contributed by atoms with Crippen molar-refractivity contribution in [2.75, 3.05) is 6.61 Å². The molecule has 0 fully saturated rings. The molecule has 1 amide bonds. The average molecular weight is 370 g/mol. The van der Waals surface area contributed by atoms with Gasteiger partial charge in [0.05, 0.1) is 11.7 Å². The van der Waals surface area contributed by atoms with Crippen LogP contribution in [0.1, 0.15) is 5.56 Å². The topological polar surface area (TPSA) is 72.7 Å². The number of pyridine rings is 1. The van der Waals surface area contributed by atoms with Crippen molar-refractivity contribution in [1.29, 1.82) is 0 Å². The molecule has 6 nitrogen and oxygen atoms in total. The fourth-order valence-electron chi connectivity index (χ4n) is 2.40. The summed E-state index contributed by atoms with van der Waals surface area (Å²) in [6, 6.07) is 15.7. The lowest BCUT2D eigenvalue weighted by Crippen LogP contribution is -2.25. The summed E-state index contributed by atoms with van der Waals surface area (Å²) < 4.78 is 7.05. The molecule has 0 unspecified atom stereocenters. The fourth-order valence-corrected chi connectivity index (χ4v) is 2.53. The van der Waals surface area contributed by atoms with E-state index in [1.54, 1.807) is 31.3 Å². The van der Waals surface area contributed by atoms with Crippen molar-refractivity contribution < 1.29 is 9.53 Å². The van der Waals surface area contributed by atoms with E-state index >= 15 is 0 Å². The van der Waals surface area contributed by atoms with Gasteiger partial charge in [0.2, 0.25) is 0 Å². The van der Waals surface area contributed by atoms with Gasteiger partial charge in [-0.05, 0) is 29.8 Å². The summed E-state index contributed by atoms with van der Waals surface area (Å²) in [5.41, 5.74) is 3.70. The molecule has 132 valence electrons. The second-order valence-electron chi connectivity index (χ2n) is 5.56. The summed E-state index contributed by atoms with van der Waals surface area (Å²) >= 11 is 5.80. The lowest BCUT2D eigenvalue weighted by molar-refractivity contribution is -0.123. The Balaban J connectivity index is 1.65. The molecule has 0 aliphatic heterocycles. The Morgan fingerprint density at radius 3 is 2.73 bits per heavy atom. The van der Waals surface area contributed by atoms with Gasteiger partial charge in [-0.3, -0.25) is 9.59 Å². The van der Waals surface area contributed by atoms with Crippen LogP contribution in [0.25, 0.3) is 10.9 Å². The zero-order valence-corrected chi connectivity index (χ0v) is 14.7. The number of nitrogens with zero attached hydrogens (tertiary/aromatic N) is 2. The normalized spacial score (nSPS) is 11.0. The fraction of sp³-hybridized carbons (Fsp3) is 0.105. The first-order valence-corrected chi connectivity index (χ1v) is 8.21. The zero-order valence-electron chi connectivity index (χ0n) is 14.0. The van der Waals surface area contributed by atoms with E-state index in [9.17, 15) is 9.59 Å². The van der Waals surface area contributed by atoms with E-state index in [-0.39, 0.29) is 12.2 Å². The third-order valence-corrected chi connectivity index (χ3v) is 4.00. The highest BCUT2D eigenvalue weighted by molar-refractivity contribution is 6.30. The predicted molar refractivity (Wildman–Crippen MR) is 102 cm³/mol. The van der Waals surface area contributed by atoms with Crippen LogP contribution in [-0.2, 0) is 11.8 Å². The van der Waals surface area contributed by atoms with E-state index in [0.29, 0.717) is 10.8 Å². The van der Waals surface area contributed by atoms with Crippen LogP contribution in [0.5, 0.6) is 5.75 Å². The highest BCUT2D eigenvalue weighted by Gasteiger charge is 2.09. The van der Waals surface area contributed by atoms with Gasteiger partial charge in [-0.2, -0.15) is 5.10 Å². The van der Waals surface area contributed by atoms with E-state index in [1.807, 2.05) is 24.3 Å². The lowest BCUT2D eigenvalue weighted by atomic mass is 10.2. The van der Waals surface area contributed by atoms with Crippen molar-refractivity contribution in [2.24, 2.45) is 12.1 Å². The van der Waals surface area contributed by atoms with Crippen molar-refractivity contribution in [3.8, 4) is 5.75 Å². The Labute approximate surface area is 154 Å². The summed E-state index contributed by atoms with van der Waals surface area (Å²) in [7, 11) is 1.69. The Hall–Kier alpha value is -3.12. The minimum absolute atomic E-state index is 0.208. The first-order chi connectivity index (χ1) is 12.5. The molecule has 7 heteroatoms. The Morgan fingerprint density at radius 1 is 1.23 bits per heavy atom. The number of carbonyl (C=O) groups excluding carboxylic acids is 1. The maximum atomic E-state index is 12.0. The number of hydrogen-bond acceptors (Lipinski definition) is 4. The quantitative estimate of drug-likeness (QED) is 0.555. The number of nitrogens with one attached hydrogen (secondary N) is 1. The molecule has 0 saturated carbocycles. The van der Waals surface area contributed by atoms with Gasteiger partial charge in [-0.1, -0.05) is 35.9 Å². The molecule has 0 spiro atoms. The van der Waals surface area contributed by atoms with Gasteiger partial charge in [0.1, 0.15) is 5.75 Å². The molecule has 2 aromatic carbocycles. The van der Waals surface area contributed by atoms with E-state index < -0.39 is 5.91 Å². The summed E-state index contributed by atoms with van der Waals surface area (Å²) in [5.74, 6) is -0.0690. The number of para-hydroxylation sites is 1. The number of hydrazone groups is 1. The molecular weight excluding hydrogens is 354 g/mol. The van der Waals surface area contributed by atoms with E-state index in [1.165, 1.54) is 16.8 Å². The van der Waals surface area contributed by atoms with E-state index in [0.717, 1.165) is 16.5 Å². The molecule has 0 radical (unpaired) electrons.